The van der Waals surface area contributed by atoms with E-state index in [1.54, 1.807) is 44.8 Å². The number of ether oxygens (including phenoxy) is 2. The van der Waals surface area contributed by atoms with E-state index >= 15 is 0 Å². The fourth-order valence-corrected chi connectivity index (χ4v) is 3.14. The summed E-state index contributed by atoms with van der Waals surface area (Å²) in [6.45, 7) is 0.458. The quantitative estimate of drug-likeness (QED) is 0.580. The van der Waals surface area contributed by atoms with E-state index in [-0.39, 0.29) is 0 Å². The van der Waals surface area contributed by atoms with Crippen LogP contribution < -0.4 is 20.5 Å². The molecule has 1 aromatic carbocycles. The summed E-state index contributed by atoms with van der Waals surface area (Å²) < 4.78 is 10.6. The first-order valence-electron chi connectivity index (χ1n) is 9.17. The number of nitrogens with two attached hydrogens (primary N) is 1. The Hall–Kier alpha value is -3.45. The van der Waals surface area contributed by atoms with Crippen LogP contribution in [0.25, 0.3) is 0 Å². The number of carbonyl (C=O) groups is 1. The molecule has 1 amide bonds. The number of benzene rings is 1. The molecule has 0 radical (unpaired) electrons. The number of nitrogens with one attached hydrogen (secondary N) is 1. The molecule has 1 unspecified atom stereocenters. The molecule has 7 nitrogen and oxygen atoms in total. The van der Waals surface area contributed by atoms with Gasteiger partial charge < -0.3 is 15.2 Å². The molecule has 29 heavy (non-hydrogen) atoms. The van der Waals surface area contributed by atoms with E-state index in [0.29, 0.717) is 30.0 Å². The number of pyridine rings is 2. The smallest absolute Gasteiger partial charge is 0.239 e. The number of amides is 1. The number of carbonyl (C=O) groups excluding carboxylic acids is 1. The van der Waals surface area contributed by atoms with Gasteiger partial charge in [0.05, 0.1) is 14.2 Å². The molecule has 150 valence electrons. The highest BCUT2D eigenvalue weighted by Gasteiger charge is 2.20. The average molecular weight is 392 g/mol. The van der Waals surface area contributed by atoms with E-state index in [2.05, 4.69) is 15.3 Å². The topological polar surface area (TPSA) is 99.4 Å². The zero-order valence-corrected chi connectivity index (χ0v) is 16.5. The Kier molecular flexibility index (Phi) is 6.76. The molecule has 7 heteroatoms. The third-order valence-electron chi connectivity index (χ3n) is 4.64. The fourth-order valence-electron chi connectivity index (χ4n) is 3.14. The second kappa shape index (κ2) is 9.66. The van der Waals surface area contributed by atoms with Crippen LogP contribution in [0.2, 0.25) is 0 Å². The van der Waals surface area contributed by atoms with Crippen molar-refractivity contribution in [2.45, 2.75) is 19.0 Å². The standard InChI is InChI=1S/C22H24N4O3/c1-28-19-6-5-16(11-20(19)29-2)21(22(23)27)26-14-17-7-9-25-13-18(17)10-15-4-3-8-24-12-15/h3-9,11-13,21,26H,10,14H2,1-2H3,(H2,23,27). The predicted octanol–water partition coefficient (Wildman–Crippen LogP) is 2.40. The van der Waals surface area contributed by atoms with Crippen molar-refractivity contribution in [3.05, 3.63) is 83.4 Å². The molecular formula is C22H24N4O3. The van der Waals surface area contributed by atoms with Crippen LogP contribution in [-0.2, 0) is 17.8 Å². The number of hydrogen-bond acceptors (Lipinski definition) is 6. The van der Waals surface area contributed by atoms with Crippen molar-refractivity contribution in [2.24, 2.45) is 5.73 Å². The third kappa shape index (κ3) is 5.08. The maximum Gasteiger partial charge on any atom is 0.239 e. The number of rotatable bonds is 9. The molecule has 0 spiro atoms. The first kappa shape index (κ1) is 20.3. The molecule has 0 saturated carbocycles. The molecule has 0 saturated heterocycles. The molecular weight excluding hydrogens is 368 g/mol. The minimum Gasteiger partial charge on any atom is -0.493 e. The van der Waals surface area contributed by atoms with Crippen LogP contribution in [-0.4, -0.2) is 30.1 Å². The van der Waals surface area contributed by atoms with Crippen LogP contribution in [0.5, 0.6) is 11.5 Å². The number of methoxy groups -OCH3 is 2. The van der Waals surface area contributed by atoms with E-state index in [1.807, 2.05) is 30.6 Å². The van der Waals surface area contributed by atoms with Gasteiger partial charge in [0.2, 0.25) is 5.91 Å². The summed E-state index contributed by atoms with van der Waals surface area (Å²) in [6.07, 6.45) is 7.85. The van der Waals surface area contributed by atoms with Gasteiger partial charge in [-0.25, -0.2) is 0 Å². The Morgan fingerprint density at radius 3 is 2.52 bits per heavy atom. The monoisotopic (exact) mass is 392 g/mol. The van der Waals surface area contributed by atoms with Gasteiger partial charge in [0.15, 0.2) is 11.5 Å². The molecule has 2 heterocycles. The van der Waals surface area contributed by atoms with Crippen LogP contribution in [0.1, 0.15) is 28.3 Å². The van der Waals surface area contributed by atoms with Crippen LogP contribution in [0, 0.1) is 0 Å². The molecule has 0 aliphatic rings. The maximum absolute atomic E-state index is 12.1. The van der Waals surface area contributed by atoms with Gasteiger partial charge in [0.25, 0.3) is 0 Å². The normalized spacial score (nSPS) is 11.7. The molecule has 3 N–H and O–H groups in total. The Labute approximate surface area is 169 Å². The molecule has 1 atom stereocenters. The third-order valence-corrected chi connectivity index (χ3v) is 4.64. The summed E-state index contributed by atoms with van der Waals surface area (Å²) >= 11 is 0. The van der Waals surface area contributed by atoms with E-state index in [1.165, 1.54) is 0 Å². The second-order valence-electron chi connectivity index (χ2n) is 6.51. The van der Waals surface area contributed by atoms with Gasteiger partial charge in [0.1, 0.15) is 6.04 Å². The van der Waals surface area contributed by atoms with Crippen LogP contribution in [0.15, 0.2) is 61.2 Å². The van der Waals surface area contributed by atoms with Gasteiger partial charge in [-0.15, -0.1) is 0 Å². The van der Waals surface area contributed by atoms with E-state index in [4.69, 9.17) is 15.2 Å². The van der Waals surface area contributed by atoms with Crippen molar-refractivity contribution in [3.63, 3.8) is 0 Å². The lowest BCUT2D eigenvalue weighted by atomic mass is 10.0. The summed E-state index contributed by atoms with van der Waals surface area (Å²) in [6, 6.07) is 10.5. The van der Waals surface area contributed by atoms with Crippen molar-refractivity contribution in [1.82, 2.24) is 15.3 Å². The van der Waals surface area contributed by atoms with E-state index in [0.717, 1.165) is 16.7 Å². The van der Waals surface area contributed by atoms with E-state index in [9.17, 15) is 4.79 Å². The van der Waals surface area contributed by atoms with Crippen LogP contribution in [0.4, 0.5) is 0 Å². The average Bonchev–Trinajstić information content (AvgIpc) is 2.75. The van der Waals surface area contributed by atoms with Gasteiger partial charge in [-0.05, 0) is 46.5 Å². The molecule has 0 bridgehead atoms. The fraction of sp³-hybridized carbons (Fsp3) is 0.227. The molecule has 2 aromatic heterocycles. The minimum absolute atomic E-state index is 0.458. The van der Waals surface area contributed by atoms with Gasteiger partial charge in [-0.3, -0.25) is 20.1 Å². The predicted molar refractivity (Wildman–Crippen MR) is 110 cm³/mol. The zero-order chi connectivity index (χ0) is 20.6. The molecule has 0 fully saturated rings. The SMILES string of the molecule is COc1ccc(C(NCc2ccncc2Cc2cccnc2)C(N)=O)cc1OC. The van der Waals surface area contributed by atoms with Crippen LogP contribution >= 0.6 is 0 Å². The summed E-state index contributed by atoms with van der Waals surface area (Å²) in [5.74, 6) is 0.659. The highest BCUT2D eigenvalue weighted by molar-refractivity contribution is 5.81. The molecule has 3 rings (SSSR count). The lowest BCUT2D eigenvalue weighted by Crippen LogP contribution is -2.33. The number of nitrogens with zero attached hydrogens (tertiary/aromatic N) is 2. The number of aromatic nitrogens is 2. The van der Waals surface area contributed by atoms with Crippen molar-refractivity contribution >= 4 is 5.91 Å². The van der Waals surface area contributed by atoms with Gasteiger partial charge >= 0.3 is 0 Å². The van der Waals surface area contributed by atoms with Crippen LogP contribution in [0.3, 0.4) is 0 Å². The number of hydrogen-bond donors (Lipinski definition) is 2. The Morgan fingerprint density at radius 2 is 1.83 bits per heavy atom. The van der Waals surface area contributed by atoms with Gasteiger partial charge in [-0.1, -0.05) is 12.1 Å². The van der Waals surface area contributed by atoms with E-state index < -0.39 is 11.9 Å². The van der Waals surface area contributed by atoms with Gasteiger partial charge in [0, 0.05) is 37.8 Å². The van der Waals surface area contributed by atoms with Crippen molar-refractivity contribution in [1.29, 1.82) is 0 Å². The highest BCUT2D eigenvalue weighted by atomic mass is 16.5. The summed E-state index contributed by atoms with van der Waals surface area (Å²) in [4.78, 5) is 20.5. The highest BCUT2D eigenvalue weighted by Crippen LogP contribution is 2.30. The summed E-state index contributed by atoms with van der Waals surface area (Å²) in [7, 11) is 3.12. The van der Waals surface area contributed by atoms with Gasteiger partial charge in [-0.2, -0.15) is 0 Å². The minimum atomic E-state index is -0.672. The second-order valence-corrected chi connectivity index (χ2v) is 6.51. The first-order chi connectivity index (χ1) is 14.1. The maximum atomic E-state index is 12.1. The lowest BCUT2D eigenvalue weighted by Gasteiger charge is -2.19. The molecule has 0 aliphatic heterocycles. The zero-order valence-electron chi connectivity index (χ0n) is 16.5. The Morgan fingerprint density at radius 1 is 1.03 bits per heavy atom. The van der Waals surface area contributed by atoms with Crippen molar-refractivity contribution in [3.8, 4) is 11.5 Å². The van der Waals surface area contributed by atoms with Crippen molar-refractivity contribution < 1.29 is 14.3 Å². The Bertz CT molecular complexity index is 963. The Balaban J connectivity index is 1.79. The summed E-state index contributed by atoms with van der Waals surface area (Å²) in [5, 5.41) is 3.25. The molecule has 3 aromatic rings. The number of primary amides is 1. The lowest BCUT2D eigenvalue weighted by molar-refractivity contribution is -0.120. The largest absolute Gasteiger partial charge is 0.493 e. The summed E-state index contributed by atoms with van der Waals surface area (Å²) in [5.41, 5.74) is 9.56. The first-order valence-corrected chi connectivity index (χ1v) is 9.17. The van der Waals surface area contributed by atoms with Crippen molar-refractivity contribution in [2.75, 3.05) is 14.2 Å². The molecule has 0 aliphatic carbocycles.